The van der Waals surface area contributed by atoms with Crippen LogP contribution in [-0.2, 0) is 13.1 Å². The smallest absolute Gasteiger partial charge is 0.134 e. The highest BCUT2D eigenvalue weighted by molar-refractivity contribution is 5.50. The van der Waals surface area contributed by atoms with Crippen LogP contribution in [0.1, 0.15) is 55.1 Å². The molecule has 2 heterocycles. The summed E-state index contributed by atoms with van der Waals surface area (Å²) in [7, 11) is 0. The average Bonchev–Trinajstić information content (AvgIpc) is 2.92. The maximum absolute atomic E-state index is 4.78. The molecule has 0 bridgehead atoms. The zero-order valence-electron chi connectivity index (χ0n) is 10.00. The Morgan fingerprint density at radius 2 is 1.94 bits per heavy atom. The van der Waals surface area contributed by atoms with Crippen LogP contribution in [0.4, 0.5) is 5.82 Å². The van der Waals surface area contributed by atoms with E-state index in [-0.39, 0.29) is 0 Å². The number of fused-ring (bicyclic) bond motifs is 1. The summed E-state index contributed by atoms with van der Waals surface area (Å²) in [5.41, 5.74) is 2.53. The van der Waals surface area contributed by atoms with Gasteiger partial charge in [0.05, 0.1) is 5.69 Å². The van der Waals surface area contributed by atoms with Crippen molar-refractivity contribution in [3.05, 3.63) is 17.1 Å². The van der Waals surface area contributed by atoms with Crippen LogP contribution in [0.3, 0.4) is 0 Å². The minimum absolute atomic E-state index is 0.626. The van der Waals surface area contributed by atoms with E-state index in [1.165, 1.54) is 43.4 Å². The molecule has 2 fully saturated rings. The SMILES string of the molecule is C1CC(c2nc3c(c(NC4CC4)n2)CNC3)C1. The predicted molar refractivity (Wildman–Crippen MR) is 65.8 cm³/mol. The number of aromatic nitrogens is 2. The van der Waals surface area contributed by atoms with Gasteiger partial charge in [0.2, 0.25) is 0 Å². The molecule has 4 heteroatoms. The van der Waals surface area contributed by atoms with Crippen LogP contribution in [-0.4, -0.2) is 16.0 Å². The van der Waals surface area contributed by atoms with Gasteiger partial charge >= 0.3 is 0 Å². The highest BCUT2D eigenvalue weighted by atomic mass is 15.1. The molecular weight excluding hydrogens is 212 g/mol. The maximum Gasteiger partial charge on any atom is 0.134 e. The minimum atomic E-state index is 0.626. The number of rotatable bonds is 3. The Morgan fingerprint density at radius 1 is 1.06 bits per heavy atom. The molecule has 0 amide bonds. The summed E-state index contributed by atoms with van der Waals surface area (Å²) >= 11 is 0. The van der Waals surface area contributed by atoms with Gasteiger partial charge in [-0.05, 0) is 25.7 Å². The number of hydrogen-bond donors (Lipinski definition) is 2. The topological polar surface area (TPSA) is 49.8 Å². The van der Waals surface area contributed by atoms with Crippen LogP contribution in [0.5, 0.6) is 0 Å². The molecule has 2 saturated carbocycles. The Morgan fingerprint density at radius 3 is 2.65 bits per heavy atom. The van der Waals surface area contributed by atoms with E-state index in [0.717, 1.165) is 24.7 Å². The summed E-state index contributed by atoms with van der Waals surface area (Å²) < 4.78 is 0. The van der Waals surface area contributed by atoms with Gasteiger partial charge in [0.15, 0.2) is 0 Å². The number of nitrogens with one attached hydrogen (secondary N) is 2. The zero-order valence-corrected chi connectivity index (χ0v) is 10.00. The van der Waals surface area contributed by atoms with E-state index < -0.39 is 0 Å². The molecule has 0 unspecified atom stereocenters. The van der Waals surface area contributed by atoms with E-state index in [0.29, 0.717) is 12.0 Å². The van der Waals surface area contributed by atoms with Gasteiger partial charge in [-0.25, -0.2) is 9.97 Å². The van der Waals surface area contributed by atoms with E-state index in [4.69, 9.17) is 9.97 Å². The quantitative estimate of drug-likeness (QED) is 0.833. The fourth-order valence-corrected chi connectivity index (χ4v) is 2.58. The van der Waals surface area contributed by atoms with E-state index in [1.54, 1.807) is 0 Å². The van der Waals surface area contributed by atoms with Crippen molar-refractivity contribution >= 4 is 5.82 Å². The molecule has 1 aromatic heterocycles. The summed E-state index contributed by atoms with van der Waals surface area (Å²) in [4.78, 5) is 9.53. The second-order valence-corrected chi connectivity index (χ2v) is 5.51. The van der Waals surface area contributed by atoms with Gasteiger partial charge in [0.1, 0.15) is 11.6 Å². The highest BCUT2D eigenvalue weighted by Gasteiger charge is 2.29. The van der Waals surface area contributed by atoms with Crippen molar-refractivity contribution in [2.45, 2.75) is 57.2 Å². The first-order valence-corrected chi connectivity index (χ1v) is 6.77. The molecule has 0 spiro atoms. The lowest BCUT2D eigenvalue weighted by atomic mass is 9.85. The molecule has 0 radical (unpaired) electrons. The van der Waals surface area contributed by atoms with Gasteiger partial charge in [-0.1, -0.05) is 6.42 Å². The molecular formula is C13H18N4. The number of anilines is 1. The first kappa shape index (κ1) is 9.83. The Kier molecular flexibility index (Phi) is 2.12. The van der Waals surface area contributed by atoms with Gasteiger partial charge in [-0.3, -0.25) is 0 Å². The van der Waals surface area contributed by atoms with Gasteiger partial charge in [0, 0.05) is 30.6 Å². The number of nitrogens with zero attached hydrogens (tertiary/aromatic N) is 2. The monoisotopic (exact) mass is 230 g/mol. The summed E-state index contributed by atoms with van der Waals surface area (Å²) in [6.45, 7) is 1.84. The lowest BCUT2D eigenvalue weighted by Gasteiger charge is -2.25. The van der Waals surface area contributed by atoms with Crippen molar-refractivity contribution < 1.29 is 0 Å². The molecule has 90 valence electrons. The van der Waals surface area contributed by atoms with E-state index in [1.807, 2.05) is 0 Å². The number of hydrogen-bond acceptors (Lipinski definition) is 4. The summed E-state index contributed by atoms with van der Waals surface area (Å²) in [6, 6.07) is 0.670. The lowest BCUT2D eigenvalue weighted by Crippen LogP contribution is -2.16. The van der Waals surface area contributed by atoms with Crippen LogP contribution in [0.15, 0.2) is 0 Å². The first-order chi connectivity index (χ1) is 8.40. The summed E-state index contributed by atoms with van der Waals surface area (Å²) in [5, 5.41) is 6.95. The standard InChI is InChI=1S/C13H18N4/c1-2-8(3-1)12-16-11-7-14-6-10(11)13(17-12)15-9-4-5-9/h8-9,14H,1-7H2,(H,15,16,17). The van der Waals surface area contributed by atoms with Crippen molar-refractivity contribution in [3.8, 4) is 0 Å². The fourth-order valence-electron chi connectivity index (χ4n) is 2.58. The Balaban J connectivity index is 1.71. The van der Waals surface area contributed by atoms with Crippen molar-refractivity contribution in [2.75, 3.05) is 5.32 Å². The molecule has 0 aromatic carbocycles. The van der Waals surface area contributed by atoms with Crippen LogP contribution in [0, 0.1) is 0 Å². The Hall–Kier alpha value is -1.16. The van der Waals surface area contributed by atoms with Crippen molar-refractivity contribution in [3.63, 3.8) is 0 Å². The van der Waals surface area contributed by atoms with Crippen molar-refractivity contribution in [2.24, 2.45) is 0 Å². The van der Waals surface area contributed by atoms with Gasteiger partial charge in [-0.2, -0.15) is 0 Å². The second-order valence-electron chi connectivity index (χ2n) is 5.51. The molecule has 4 nitrogen and oxygen atoms in total. The fraction of sp³-hybridized carbons (Fsp3) is 0.692. The third-order valence-electron chi connectivity index (χ3n) is 4.09. The Labute approximate surface area is 101 Å². The zero-order chi connectivity index (χ0) is 11.2. The maximum atomic E-state index is 4.78. The summed E-state index contributed by atoms with van der Waals surface area (Å²) in [5.74, 6) is 2.83. The summed E-state index contributed by atoms with van der Waals surface area (Å²) in [6.07, 6.45) is 6.48. The highest BCUT2D eigenvalue weighted by Crippen LogP contribution is 2.36. The first-order valence-electron chi connectivity index (χ1n) is 6.77. The van der Waals surface area contributed by atoms with Crippen LogP contribution in [0.25, 0.3) is 0 Å². The molecule has 3 aliphatic rings. The lowest BCUT2D eigenvalue weighted by molar-refractivity contribution is 0.400. The minimum Gasteiger partial charge on any atom is -0.367 e. The molecule has 4 rings (SSSR count). The van der Waals surface area contributed by atoms with Gasteiger partial charge in [-0.15, -0.1) is 0 Å². The van der Waals surface area contributed by atoms with Crippen LogP contribution >= 0.6 is 0 Å². The van der Waals surface area contributed by atoms with E-state index in [2.05, 4.69) is 10.6 Å². The van der Waals surface area contributed by atoms with Crippen LogP contribution in [0.2, 0.25) is 0 Å². The molecule has 0 atom stereocenters. The predicted octanol–water partition coefficient (Wildman–Crippen LogP) is 1.92. The molecule has 2 N–H and O–H groups in total. The normalized spacial score (nSPS) is 23.3. The van der Waals surface area contributed by atoms with Crippen molar-refractivity contribution in [1.82, 2.24) is 15.3 Å². The van der Waals surface area contributed by atoms with E-state index >= 15 is 0 Å². The molecule has 2 aliphatic carbocycles. The van der Waals surface area contributed by atoms with Gasteiger partial charge < -0.3 is 10.6 Å². The average molecular weight is 230 g/mol. The Bertz CT molecular complexity index is 449. The third kappa shape index (κ3) is 1.71. The second kappa shape index (κ2) is 3.67. The molecule has 1 aliphatic heterocycles. The largest absolute Gasteiger partial charge is 0.367 e. The molecule has 0 saturated heterocycles. The molecule has 17 heavy (non-hydrogen) atoms. The van der Waals surface area contributed by atoms with Gasteiger partial charge in [0.25, 0.3) is 0 Å². The van der Waals surface area contributed by atoms with Crippen LogP contribution < -0.4 is 10.6 Å². The van der Waals surface area contributed by atoms with E-state index in [9.17, 15) is 0 Å². The third-order valence-corrected chi connectivity index (χ3v) is 4.09. The molecule has 1 aromatic rings. The van der Waals surface area contributed by atoms with Crippen molar-refractivity contribution in [1.29, 1.82) is 0 Å².